The third kappa shape index (κ3) is 3.14. The molecule has 4 aromatic rings. The topological polar surface area (TPSA) is 64.2 Å². The summed E-state index contributed by atoms with van der Waals surface area (Å²) >= 11 is 1.52. The average molecular weight is 380 g/mol. The van der Waals surface area contributed by atoms with Gasteiger partial charge in [-0.1, -0.05) is 23.5 Å². The minimum Gasteiger partial charge on any atom is -0.467 e. The maximum Gasteiger partial charge on any atom is 0.280 e. The minimum atomic E-state index is -0.190. The van der Waals surface area contributed by atoms with Crippen molar-refractivity contribution in [3.05, 3.63) is 64.9 Å². The molecule has 0 fully saturated rings. The van der Waals surface area contributed by atoms with Crippen LogP contribution >= 0.6 is 11.3 Å². The fourth-order valence-corrected chi connectivity index (χ4v) is 4.06. The molecule has 0 radical (unpaired) electrons. The molecule has 0 aliphatic heterocycles. The number of aromatic nitrogens is 3. The molecule has 0 N–H and O–H groups in total. The molecule has 0 unspecified atom stereocenters. The van der Waals surface area contributed by atoms with Crippen molar-refractivity contribution in [1.29, 1.82) is 0 Å². The van der Waals surface area contributed by atoms with Crippen LogP contribution in [0.3, 0.4) is 0 Å². The molecule has 27 heavy (non-hydrogen) atoms. The number of carbonyl (C=O) groups excluding carboxylic acids is 1. The molecule has 0 saturated carbocycles. The molecule has 0 aliphatic rings. The Morgan fingerprint density at radius 2 is 2.00 bits per heavy atom. The number of thiazole rings is 1. The van der Waals surface area contributed by atoms with Gasteiger partial charge in [-0.05, 0) is 50.1 Å². The first-order valence-electron chi connectivity index (χ1n) is 8.65. The first-order chi connectivity index (χ1) is 12.9. The van der Waals surface area contributed by atoms with Gasteiger partial charge in [-0.15, -0.1) is 0 Å². The number of hydrogen-bond acceptors (Lipinski definition) is 5. The zero-order chi connectivity index (χ0) is 19.1. The third-order valence-electron chi connectivity index (χ3n) is 4.63. The Bertz CT molecular complexity index is 1070. The van der Waals surface area contributed by atoms with E-state index in [1.54, 1.807) is 21.9 Å². The SMILES string of the molecule is Cc1ccc(C)c2sc(N(Cc3ccco3)C(=O)c3cc(C)n(C)n3)nc12. The van der Waals surface area contributed by atoms with Gasteiger partial charge >= 0.3 is 0 Å². The van der Waals surface area contributed by atoms with E-state index in [4.69, 9.17) is 9.40 Å². The standard InChI is InChI=1S/C20H20N4O2S/c1-12-7-8-13(2)18-17(12)21-20(27-18)24(11-15-6-5-9-26-15)19(25)16-10-14(3)23(4)22-16/h5-10H,11H2,1-4H3. The van der Waals surface area contributed by atoms with Gasteiger partial charge in [-0.3, -0.25) is 14.4 Å². The first-order valence-corrected chi connectivity index (χ1v) is 9.47. The Morgan fingerprint density at radius 1 is 1.22 bits per heavy atom. The van der Waals surface area contributed by atoms with Crippen molar-refractivity contribution in [2.24, 2.45) is 7.05 Å². The van der Waals surface area contributed by atoms with E-state index in [0.29, 0.717) is 23.1 Å². The first kappa shape index (κ1) is 17.5. The fraction of sp³-hybridized carbons (Fsp3) is 0.250. The summed E-state index contributed by atoms with van der Waals surface area (Å²) in [5.74, 6) is 0.508. The molecule has 0 aliphatic carbocycles. The van der Waals surface area contributed by atoms with E-state index in [1.807, 2.05) is 33.0 Å². The van der Waals surface area contributed by atoms with Gasteiger partial charge in [0.1, 0.15) is 5.76 Å². The van der Waals surface area contributed by atoms with Gasteiger partial charge in [0.05, 0.1) is 23.0 Å². The van der Waals surface area contributed by atoms with E-state index < -0.39 is 0 Å². The highest BCUT2D eigenvalue weighted by Gasteiger charge is 2.25. The van der Waals surface area contributed by atoms with Crippen LogP contribution in [0, 0.1) is 20.8 Å². The summed E-state index contributed by atoms with van der Waals surface area (Å²) in [6.45, 7) is 6.32. The van der Waals surface area contributed by atoms with Crippen molar-refractivity contribution in [3.63, 3.8) is 0 Å². The number of aryl methyl sites for hydroxylation is 4. The predicted octanol–water partition coefficient (Wildman–Crippen LogP) is 4.40. The quantitative estimate of drug-likeness (QED) is 0.526. The number of hydrogen-bond donors (Lipinski definition) is 0. The lowest BCUT2D eigenvalue weighted by atomic mass is 10.1. The number of amides is 1. The van der Waals surface area contributed by atoms with E-state index in [0.717, 1.165) is 27.0 Å². The number of furan rings is 1. The molecule has 138 valence electrons. The Labute approximate surface area is 161 Å². The summed E-state index contributed by atoms with van der Waals surface area (Å²) in [7, 11) is 1.83. The third-order valence-corrected chi connectivity index (χ3v) is 5.85. The molecule has 0 bridgehead atoms. The smallest absolute Gasteiger partial charge is 0.280 e. The maximum atomic E-state index is 13.3. The summed E-state index contributed by atoms with van der Waals surface area (Å²) in [6, 6.07) is 9.60. The second-order valence-corrected chi connectivity index (χ2v) is 7.62. The Balaban J connectivity index is 1.81. The van der Waals surface area contributed by atoms with Gasteiger partial charge in [0.15, 0.2) is 10.8 Å². The lowest BCUT2D eigenvalue weighted by Crippen LogP contribution is -2.30. The molecule has 0 spiro atoms. The molecule has 1 amide bonds. The highest BCUT2D eigenvalue weighted by Crippen LogP contribution is 2.34. The van der Waals surface area contributed by atoms with Gasteiger partial charge in [-0.2, -0.15) is 5.10 Å². The van der Waals surface area contributed by atoms with Crippen LogP contribution in [0.2, 0.25) is 0 Å². The Morgan fingerprint density at radius 3 is 2.63 bits per heavy atom. The fourth-order valence-electron chi connectivity index (χ4n) is 2.95. The van der Waals surface area contributed by atoms with Crippen molar-refractivity contribution in [1.82, 2.24) is 14.8 Å². The minimum absolute atomic E-state index is 0.190. The Hall–Kier alpha value is -2.93. The second-order valence-electron chi connectivity index (χ2n) is 6.64. The largest absolute Gasteiger partial charge is 0.467 e. The van der Waals surface area contributed by atoms with Crippen molar-refractivity contribution in [2.75, 3.05) is 4.90 Å². The zero-order valence-electron chi connectivity index (χ0n) is 15.7. The number of benzene rings is 1. The molecule has 4 rings (SSSR count). The van der Waals surface area contributed by atoms with E-state index in [1.165, 1.54) is 11.3 Å². The van der Waals surface area contributed by atoms with Crippen molar-refractivity contribution in [2.45, 2.75) is 27.3 Å². The molecule has 3 aromatic heterocycles. The maximum absolute atomic E-state index is 13.3. The lowest BCUT2D eigenvalue weighted by molar-refractivity contribution is 0.0977. The van der Waals surface area contributed by atoms with Crippen molar-refractivity contribution in [3.8, 4) is 0 Å². The van der Waals surface area contributed by atoms with Crippen LogP contribution < -0.4 is 4.90 Å². The van der Waals surface area contributed by atoms with Crippen LogP contribution in [0.1, 0.15) is 33.1 Å². The molecule has 1 aromatic carbocycles. The van der Waals surface area contributed by atoms with Crippen LogP contribution in [-0.4, -0.2) is 20.7 Å². The normalized spacial score (nSPS) is 11.3. The number of carbonyl (C=O) groups is 1. The summed E-state index contributed by atoms with van der Waals surface area (Å²) in [6.07, 6.45) is 1.61. The monoisotopic (exact) mass is 380 g/mol. The zero-order valence-corrected chi connectivity index (χ0v) is 16.5. The van der Waals surface area contributed by atoms with E-state index in [9.17, 15) is 4.79 Å². The summed E-state index contributed by atoms with van der Waals surface area (Å²) in [5, 5.41) is 4.99. The van der Waals surface area contributed by atoms with Crippen molar-refractivity contribution >= 4 is 32.6 Å². The molecule has 6 nitrogen and oxygen atoms in total. The van der Waals surface area contributed by atoms with Crippen LogP contribution in [-0.2, 0) is 13.6 Å². The van der Waals surface area contributed by atoms with Crippen LogP contribution in [0.25, 0.3) is 10.2 Å². The molecular weight excluding hydrogens is 360 g/mol. The van der Waals surface area contributed by atoms with Crippen LogP contribution in [0.4, 0.5) is 5.13 Å². The van der Waals surface area contributed by atoms with Crippen LogP contribution in [0.15, 0.2) is 41.0 Å². The number of nitrogens with zero attached hydrogens (tertiary/aromatic N) is 4. The van der Waals surface area contributed by atoms with E-state index in [2.05, 4.69) is 24.2 Å². The summed E-state index contributed by atoms with van der Waals surface area (Å²) < 4.78 is 8.28. The summed E-state index contributed by atoms with van der Waals surface area (Å²) in [4.78, 5) is 19.7. The number of rotatable bonds is 4. The van der Waals surface area contributed by atoms with E-state index in [-0.39, 0.29) is 5.91 Å². The molecule has 0 atom stereocenters. The average Bonchev–Trinajstić information content (AvgIpc) is 3.37. The van der Waals surface area contributed by atoms with Crippen LogP contribution in [0.5, 0.6) is 0 Å². The molecule has 3 heterocycles. The van der Waals surface area contributed by atoms with E-state index >= 15 is 0 Å². The highest BCUT2D eigenvalue weighted by atomic mass is 32.1. The predicted molar refractivity (Wildman–Crippen MR) is 106 cm³/mol. The second kappa shape index (κ2) is 6.66. The van der Waals surface area contributed by atoms with Crippen molar-refractivity contribution < 1.29 is 9.21 Å². The molecular formula is C20H20N4O2S. The van der Waals surface area contributed by atoms with Gasteiger partial charge in [0.2, 0.25) is 0 Å². The van der Waals surface area contributed by atoms with Gasteiger partial charge in [0.25, 0.3) is 5.91 Å². The number of anilines is 1. The molecule has 0 saturated heterocycles. The van der Waals surface area contributed by atoms with Gasteiger partial charge in [-0.25, -0.2) is 4.98 Å². The van der Waals surface area contributed by atoms with Gasteiger partial charge < -0.3 is 4.42 Å². The summed E-state index contributed by atoms with van der Waals surface area (Å²) in [5.41, 5.74) is 4.50. The highest BCUT2D eigenvalue weighted by molar-refractivity contribution is 7.22. The lowest BCUT2D eigenvalue weighted by Gasteiger charge is -2.17. The Kier molecular flexibility index (Phi) is 4.31. The molecule has 7 heteroatoms. The number of fused-ring (bicyclic) bond motifs is 1. The van der Waals surface area contributed by atoms with Gasteiger partial charge in [0, 0.05) is 12.7 Å².